The second kappa shape index (κ2) is 11.0. The minimum absolute atomic E-state index is 1.16. The van der Waals surface area contributed by atoms with Crippen molar-refractivity contribution >= 4 is 75.1 Å². The Morgan fingerprint density at radius 3 is 1.55 bits per heavy atom. The third-order valence-electron chi connectivity index (χ3n) is 10.5. The average Bonchev–Trinajstić information content (AvgIpc) is 3.85. The molecule has 0 fully saturated rings. The van der Waals surface area contributed by atoms with Gasteiger partial charge < -0.3 is 9.13 Å². The first kappa shape index (κ1) is 28.4. The fraction of sp³-hybridized carbons (Fsp3) is 0. The lowest BCUT2D eigenvalue weighted by Gasteiger charge is -2.11. The number of rotatable bonds is 4. The number of fused-ring (bicyclic) bond motifs is 9. The standard InChI is InChI=1S/C48H30N2S/c1-2-10-35(11-3-1)49-44-16-8-5-13-38(44)42-28-32(22-27-45(42)49)33-20-25-39-37-12-4-7-15-43(37)50(46(39)29-33)36-23-18-31(19-24-36)34-21-26-41-40-14-6-9-17-47(40)51-48(41)30-34/h1-30H. The largest absolute Gasteiger partial charge is 0.309 e. The van der Waals surface area contributed by atoms with E-state index < -0.39 is 0 Å². The molecular weight excluding hydrogens is 637 g/mol. The lowest BCUT2D eigenvalue weighted by atomic mass is 10.0. The SMILES string of the molecule is c1ccc(-n2c3ccccc3c3cc(-c4ccc5c6ccccc6n(-c6ccc(-c7ccc8c(c7)sc7ccccc78)cc6)c5c4)ccc32)cc1. The predicted octanol–water partition coefficient (Wildman–Crippen LogP) is 13.6. The number of benzene rings is 8. The highest BCUT2D eigenvalue weighted by Crippen LogP contribution is 2.39. The summed E-state index contributed by atoms with van der Waals surface area (Å²) in [6, 6.07) is 66.7. The van der Waals surface area contributed by atoms with Gasteiger partial charge in [-0.25, -0.2) is 0 Å². The third-order valence-corrected chi connectivity index (χ3v) is 11.7. The molecule has 8 aromatic carbocycles. The van der Waals surface area contributed by atoms with Crippen molar-refractivity contribution < 1.29 is 0 Å². The van der Waals surface area contributed by atoms with Gasteiger partial charge in [0.15, 0.2) is 0 Å². The van der Waals surface area contributed by atoms with Crippen LogP contribution in [0.2, 0.25) is 0 Å². The zero-order valence-electron chi connectivity index (χ0n) is 27.6. The van der Waals surface area contributed by atoms with Gasteiger partial charge >= 0.3 is 0 Å². The summed E-state index contributed by atoms with van der Waals surface area (Å²) < 4.78 is 7.47. The molecule has 0 atom stereocenters. The molecule has 51 heavy (non-hydrogen) atoms. The molecule has 0 amide bonds. The molecule has 0 saturated heterocycles. The Labute approximate surface area is 298 Å². The second-order valence-electron chi connectivity index (χ2n) is 13.4. The minimum atomic E-state index is 1.16. The van der Waals surface area contributed by atoms with Crippen LogP contribution in [0.15, 0.2) is 182 Å². The van der Waals surface area contributed by atoms with Crippen LogP contribution >= 0.6 is 11.3 Å². The molecule has 0 unspecified atom stereocenters. The van der Waals surface area contributed by atoms with E-state index in [9.17, 15) is 0 Å². The Morgan fingerprint density at radius 2 is 0.765 bits per heavy atom. The van der Waals surface area contributed by atoms with E-state index >= 15 is 0 Å². The Balaban J connectivity index is 1.04. The van der Waals surface area contributed by atoms with Crippen molar-refractivity contribution in [1.82, 2.24) is 9.13 Å². The van der Waals surface area contributed by atoms with Gasteiger partial charge in [-0.2, -0.15) is 0 Å². The normalized spacial score (nSPS) is 11.9. The van der Waals surface area contributed by atoms with Gasteiger partial charge in [0.25, 0.3) is 0 Å². The molecule has 0 saturated carbocycles. The van der Waals surface area contributed by atoms with Gasteiger partial charge in [-0.05, 0) is 89.0 Å². The van der Waals surface area contributed by atoms with E-state index in [-0.39, 0.29) is 0 Å². The molecule has 2 nitrogen and oxygen atoms in total. The highest BCUT2D eigenvalue weighted by atomic mass is 32.1. The summed E-state index contributed by atoms with van der Waals surface area (Å²) in [7, 11) is 0. The van der Waals surface area contributed by atoms with E-state index in [1.807, 2.05) is 11.3 Å². The molecule has 0 N–H and O–H groups in total. The fourth-order valence-electron chi connectivity index (χ4n) is 8.14. The molecule has 0 aliphatic carbocycles. The van der Waals surface area contributed by atoms with Crippen LogP contribution in [-0.2, 0) is 0 Å². The molecule has 0 radical (unpaired) electrons. The quantitative estimate of drug-likeness (QED) is 0.177. The number of aromatic nitrogens is 2. The molecule has 3 aromatic heterocycles. The van der Waals surface area contributed by atoms with Crippen LogP contribution in [-0.4, -0.2) is 9.13 Å². The molecule has 11 aromatic rings. The van der Waals surface area contributed by atoms with Crippen LogP contribution in [0.25, 0.3) is 97.4 Å². The topological polar surface area (TPSA) is 9.86 Å². The zero-order valence-corrected chi connectivity index (χ0v) is 28.4. The van der Waals surface area contributed by atoms with Crippen molar-refractivity contribution in [3.05, 3.63) is 182 Å². The summed E-state index contributed by atoms with van der Waals surface area (Å²) in [6.07, 6.45) is 0. The molecule has 3 heteroatoms. The third kappa shape index (κ3) is 4.35. The van der Waals surface area contributed by atoms with Crippen LogP contribution < -0.4 is 0 Å². The van der Waals surface area contributed by atoms with E-state index in [0.717, 1.165) is 5.69 Å². The van der Waals surface area contributed by atoms with Gasteiger partial charge in [0.2, 0.25) is 0 Å². The Bertz CT molecular complexity index is 3120. The number of thiophene rings is 1. The van der Waals surface area contributed by atoms with E-state index in [1.54, 1.807) is 0 Å². The van der Waals surface area contributed by atoms with Crippen molar-refractivity contribution in [2.24, 2.45) is 0 Å². The first-order valence-corrected chi connectivity index (χ1v) is 18.2. The zero-order chi connectivity index (χ0) is 33.5. The molecule has 238 valence electrons. The van der Waals surface area contributed by atoms with Crippen molar-refractivity contribution in [1.29, 1.82) is 0 Å². The van der Waals surface area contributed by atoms with Crippen LogP contribution in [0.3, 0.4) is 0 Å². The van der Waals surface area contributed by atoms with Crippen LogP contribution in [0.1, 0.15) is 0 Å². The summed E-state index contributed by atoms with van der Waals surface area (Å²) in [5.74, 6) is 0. The summed E-state index contributed by atoms with van der Waals surface area (Å²) >= 11 is 1.87. The maximum atomic E-state index is 2.42. The molecule has 11 rings (SSSR count). The van der Waals surface area contributed by atoms with Gasteiger partial charge in [-0.15, -0.1) is 11.3 Å². The van der Waals surface area contributed by atoms with Crippen molar-refractivity contribution in [3.63, 3.8) is 0 Å². The monoisotopic (exact) mass is 666 g/mol. The smallest absolute Gasteiger partial charge is 0.0547 e. The number of hydrogen-bond acceptors (Lipinski definition) is 1. The molecule has 0 spiro atoms. The van der Waals surface area contributed by atoms with Gasteiger partial charge in [0.05, 0.1) is 22.1 Å². The van der Waals surface area contributed by atoms with Crippen molar-refractivity contribution in [2.75, 3.05) is 0 Å². The number of hydrogen-bond donors (Lipinski definition) is 0. The van der Waals surface area contributed by atoms with Crippen molar-refractivity contribution in [2.45, 2.75) is 0 Å². The molecule has 3 heterocycles. The van der Waals surface area contributed by atoms with Crippen LogP contribution in [0.4, 0.5) is 0 Å². The van der Waals surface area contributed by atoms with Gasteiger partial charge in [0.1, 0.15) is 0 Å². The minimum Gasteiger partial charge on any atom is -0.309 e. The second-order valence-corrected chi connectivity index (χ2v) is 14.4. The molecule has 0 aliphatic rings. The first-order valence-electron chi connectivity index (χ1n) is 17.4. The molecular formula is C48H30N2S. The number of para-hydroxylation sites is 3. The average molecular weight is 667 g/mol. The van der Waals surface area contributed by atoms with Crippen LogP contribution in [0.5, 0.6) is 0 Å². The summed E-state index contributed by atoms with van der Waals surface area (Å²) in [5.41, 5.74) is 12.1. The van der Waals surface area contributed by atoms with Gasteiger partial charge in [-0.1, -0.05) is 115 Å². The summed E-state index contributed by atoms with van der Waals surface area (Å²) in [4.78, 5) is 0. The van der Waals surface area contributed by atoms with E-state index in [4.69, 9.17) is 0 Å². The lowest BCUT2D eigenvalue weighted by molar-refractivity contribution is 1.18. The summed E-state index contributed by atoms with van der Waals surface area (Å²) in [6.45, 7) is 0. The lowest BCUT2D eigenvalue weighted by Crippen LogP contribution is -1.94. The van der Waals surface area contributed by atoms with E-state index in [1.165, 1.54) is 91.7 Å². The Kier molecular flexibility index (Phi) is 6.16. The summed E-state index contributed by atoms with van der Waals surface area (Å²) in [5, 5.41) is 7.72. The van der Waals surface area contributed by atoms with E-state index in [0.29, 0.717) is 0 Å². The maximum absolute atomic E-state index is 2.42. The Hall–Kier alpha value is -6.42. The Morgan fingerprint density at radius 1 is 0.275 bits per heavy atom. The fourth-order valence-corrected chi connectivity index (χ4v) is 9.29. The highest BCUT2D eigenvalue weighted by molar-refractivity contribution is 7.25. The maximum Gasteiger partial charge on any atom is 0.0547 e. The van der Waals surface area contributed by atoms with Gasteiger partial charge in [-0.3, -0.25) is 0 Å². The van der Waals surface area contributed by atoms with Gasteiger partial charge in [0, 0.05) is 53.1 Å². The van der Waals surface area contributed by atoms with Crippen molar-refractivity contribution in [3.8, 4) is 33.6 Å². The molecule has 0 aliphatic heterocycles. The number of nitrogens with zero attached hydrogens (tertiary/aromatic N) is 2. The van der Waals surface area contributed by atoms with Crippen LogP contribution in [0, 0.1) is 0 Å². The molecule has 0 bridgehead atoms. The first-order chi connectivity index (χ1) is 25.3. The predicted molar refractivity (Wildman–Crippen MR) is 219 cm³/mol. The highest BCUT2D eigenvalue weighted by Gasteiger charge is 2.16. The van der Waals surface area contributed by atoms with E-state index in [2.05, 4.69) is 191 Å².